The van der Waals surface area contributed by atoms with Crippen molar-refractivity contribution >= 4 is 23.2 Å². The average Bonchev–Trinajstić information content (AvgIpc) is 3.29. The molecule has 2 amide bonds. The van der Waals surface area contributed by atoms with Gasteiger partial charge in [-0.15, -0.1) is 0 Å². The number of nitrogens with one attached hydrogen (secondary N) is 2. The van der Waals surface area contributed by atoms with E-state index >= 15 is 0 Å². The Labute approximate surface area is 186 Å². The van der Waals surface area contributed by atoms with Crippen molar-refractivity contribution in [3.05, 3.63) is 102 Å². The SMILES string of the molecule is CC(=O)Nc1ccc(NC(=O)c2ccccc2-c2ccc(Cn3ccnc3)cc2)cc1C. The minimum absolute atomic E-state index is 0.130. The van der Waals surface area contributed by atoms with Crippen LogP contribution in [0.4, 0.5) is 11.4 Å². The molecule has 4 rings (SSSR count). The van der Waals surface area contributed by atoms with Crippen LogP contribution < -0.4 is 10.6 Å². The summed E-state index contributed by atoms with van der Waals surface area (Å²) >= 11 is 0. The Bertz CT molecular complexity index is 1250. The molecule has 3 aromatic carbocycles. The molecule has 6 nitrogen and oxygen atoms in total. The molecule has 4 aromatic rings. The summed E-state index contributed by atoms with van der Waals surface area (Å²) in [5.74, 6) is -0.315. The molecule has 32 heavy (non-hydrogen) atoms. The van der Waals surface area contributed by atoms with Crippen LogP contribution in [-0.4, -0.2) is 21.4 Å². The van der Waals surface area contributed by atoms with Gasteiger partial charge in [-0.05, 0) is 53.4 Å². The van der Waals surface area contributed by atoms with Gasteiger partial charge in [0.25, 0.3) is 5.91 Å². The number of amides is 2. The molecule has 0 fully saturated rings. The lowest BCUT2D eigenvalue weighted by atomic mass is 9.98. The third kappa shape index (κ3) is 4.92. The van der Waals surface area contributed by atoms with Gasteiger partial charge in [-0.1, -0.05) is 42.5 Å². The van der Waals surface area contributed by atoms with Crippen molar-refractivity contribution in [3.8, 4) is 11.1 Å². The molecule has 0 aliphatic rings. The van der Waals surface area contributed by atoms with Gasteiger partial charge in [-0.25, -0.2) is 4.98 Å². The molecule has 1 heterocycles. The van der Waals surface area contributed by atoms with Gasteiger partial charge in [0, 0.05) is 42.8 Å². The number of imidazole rings is 1. The second kappa shape index (κ2) is 9.31. The Morgan fingerprint density at radius 3 is 2.44 bits per heavy atom. The Hall–Kier alpha value is -4.19. The largest absolute Gasteiger partial charge is 0.333 e. The second-order valence-electron chi connectivity index (χ2n) is 7.64. The monoisotopic (exact) mass is 424 g/mol. The molecule has 6 heteroatoms. The number of nitrogens with zero attached hydrogens (tertiary/aromatic N) is 2. The molecule has 0 saturated heterocycles. The van der Waals surface area contributed by atoms with Gasteiger partial charge in [-0.2, -0.15) is 0 Å². The van der Waals surface area contributed by atoms with E-state index in [0.29, 0.717) is 11.3 Å². The van der Waals surface area contributed by atoms with E-state index < -0.39 is 0 Å². The summed E-state index contributed by atoms with van der Waals surface area (Å²) in [5.41, 5.74) is 5.87. The van der Waals surface area contributed by atoms with Crippen LogP contribution in [0, 0.1) is 6.92 Å². The van der Waals surface area contributed by atoms with Crippen LogP contribution >= 0.6 is 0 Å². The zero-order valence-corrected chi connectivity index (χ0v) is 18.0. The van der Waals surface area contributed by atoms with Gasteiger partial charge in [0.1, 0.15) is 0 Å². The van der Waals surface area contributed by atoms with Gasteiger partial charge in [0.15, 0.2) is 0 Å². The third-order valence-corrected chi connectivity index (χ3v) is 5.16. The summed E-state index contributed by atoms with van der Waals surface area (Å²) in [7, 11) is 0. The molecule has 2 N–H and O–H groups in total. The van der Waals surface area contributed by atoms with Crippen molar-refractivity contribution in [2.75, 3.05) is 10.6 Å². The summed E-state index contributed by atoms with van der Waals surface area (Å²) < 4.78 is 2.01. The topological polar surface area (TPSA) is 76.0 Å². The van der Waals surface area contributed by atoms with Crippen molar-refractivity contribution in [1.82, 2.24) is 9.55 Å². The number of anilines is 2. The highest BCUT2D eigenvalue weighted by molar-refractivity contribution is 6.08. The standard InChI is InChI=1S/C26H24N4O2/c1-18-15-22(11-12-25(18)28-19(2)31)29-26(32)24-6-4-3-5-23(24)21-9-7-20(8-10-21)16-30-14-13-27-17-30/h3-15,17H,16H2,1-2H3,(H,28,31)(H,29,32). The van der Waals surface area contributed by atoms with Crippen LogP contribution in [0.15, 0.2) is 85.5 Å². The van der Waals surface area contributed by atoms with E-state index in [1.165, 1.54) is 6.92 Å². The van der Waals surface area contributed by atoms with E-state index in [1.807, 2.05) is 60.2 Å². The summed E-state index contributed by atoms with van der Waals surface area (Å²) in [4.78, 5) is 28.4. The van der Waals surface area contributed by atoms with Crippen molar-refractivity contribution in [2.45, 2.75) is 20.4 Å². The summed E-state index contributed by atoms with van der Waals surface area (Å²) in [5, 5.41) is 5.75. The quantitative estimate of drug-likeness (QED) is 0.451. The number of carbonyl (C=O) groups excluding carboxylic acids is 2. The first-order valence-electron chi connectivity index (χ1n) is 10.3. The first-order chi connectivity index (χ1) is 15.5. The maximum atomic E-state index is 13.1. The molecule has 0 bridgehead atoms. The first kappa shape index (κ1) is 21.1. The number of benzene rings is 3. The summed E-state index contributed by atoms with van der Waals surface area (Å²) in [6.07, 6.45) is 5.48. The molecule has 0 atom stereocenters. The second-order valence-corrected chi connectivity index (χ2v) is 7.64. The number of hydrogen-bond acceptors (Lipinski definition) is 3. The highest BCUT2D eigenvalue weighted by Crippen LogP contribution is 2.26. The van der Waals surface area contributed by atoms with E-state index in [4.69, 9.17) is 0 Å². The van der Waals surface area contributed by atoms with Crippen LogP contribution in [0.25, 0.3) is 11.1 Å². The average molecular weight is 425 g/mol. The number of aromatic nitrogens is 2. The molecule has 0 radical (unpaired) electrons. The molecule has 0 unspecified atom stereocenters. The van der Waals surface area contributed by atoms with Gasteiger partial charge < -0.3 is 15.2 Å². The highest BCUT2D eigenvalue weighted by atomic mass is 16.2. The zero-order chi connectivity index (χ0) is 22.5. The van der Waals surface area contributed by atoms with Gasteiger partial charge >= 0.3 is 0 Å². The molecular weight excluding hydrogens is 400 g/mol. The lowest BCUT2D eigenvalue weighted by Crippen LogP contribution is -2.14. The van der Waals surface area contributed by atoms with Gasteiger partial charge in [0.05, 0.1) is 6.33 Å². The normalized spacial score (nSPS) is 10.6. The summed E-state index contributed by atoms with van der Waals surface area (Å²) in [6, 6.07) is 21.2. The van der Waals surface area contributed by atoms with Gasteiger partial charge in [0.2, 0.25) is 5.91 Å². The number of carbonyl (C=O) groups is 2. The molecule has 0 aliphatic heterocycles. The van der Waals surface area contributed by atoms with Crippen LogP contribution in [0.1, 0.15) is 28.4 Å². The Morgan fingerprint density at radius 2 is 1.75 bits per heavy atom. The van der Waals surface area contributed by atoms with Crippen LogP contribution in [-0.2, 0) is 11.3 Å². The fourth-order valence-corrected chi connectivity index (χ4v) is 3.58. The van der Waals surface area contributed by atoms with E-state index in [1.54, 1.807) is 24.7 Å². The number of hydrogen-bond donors (Lipinski definition) is 2. The fraction of sp³-hybridized carbons (Fsp3) is 0.115. The van der Waals surface area contributed by atoms with Crippen LogP contribution in [0.3, 0.4) is 0 Å². The molecular formula is C26H24N4O2. The van der Waals surface area contributed by atoms with E-state index in [2.05, 4.69) is 27.8 Å². The Balaban J connectivity index is 1.53. The summed E-state index contributed by atoms with van der Waals surface area (Å²) in [6.45, 7) is 4.10. The van der Waals surface area contributed by atoms with Crippen LogP contribution in [0.2, 0.25) is 0 Å². The molecule has 1 aromatic heterocycles. The molecule has 160 valence electrons. The fourth-order valence-electron chi connectivity index (χ4n) is 3.58. The van der Waals surface area contributed by atoms with Crippen molar-refractivity contribution < 1.29 is 9.59 Å². The molecule has 0 spiro atoms. The van der Waals surface area contributed by atoms with E-state index in [9.17, 15) is 9.59 Å². The van der Waals surface area contributed by atoms with Crippen LogP contribution in [0.5, 0.6) is 0 Å². The number of rotatable bonds is 6. The lowest BCUT2D eigenvalue weighted by Gasteiger charge is -2.13. The Morgan fingerprint density at radius 1 is 0.969 bits per heavy atom. The lowest BCUT2D eigenvalue weighted by molar-refractivity contribution is -0.114. The van der Waals surface area contributed by atoms with Gasteiger partial charge in [-0.3, -0.25) is 9.59 Å². The minimum atomic E-state index is -0.185. The smallest absolute Gasteiger partial charge is 0.256 e. The maximum Gasteiger partial charge on any atom is 0.256 e. The molecule has 0 saturated carbocycles. The predicted octanol–water partition coefficient (Wildman–Crippen LogP) is 5.12. The Kier molecular flexibility index (Phi) is 6.12. The first-order valence-corrected chi connectivity index (χ1v) is 10.3. The van der Waals surface area contributed by atoms with Crippen molar-refractivity contribution in [2.24, 2.45) is 0 Å². The van der Waals surface area contributed by atoms with E-state index in [-0.39, 0.29) is 11.8 Å². The minimum Gasteiger partial charge on any atom is -0.333 e. The molecule has 0 aliphatic carbocycles. The zero-order valence-electron chi connectivity index (χ0n) is 18.0. The number of aryl methyl sites for hydroxylation is 1. The highest BCUT2D eigenvalue weighted by Gasteiger charge is 2.13. The van der Waals surface area contributed by atoms with E-state index in [0.717, 1.165) is 34.5 Å². The van der Waals surface area contributed by atoms with Crippen molar-refractivity contribution in [3.63, 3.8) is 0 Å². The predicted molar refractivity (Wildman–Crippen MR) is 127 cm³/mol. The maximum absolute atomic E-state index is 13.1. The third-order valence-electron chi connectivity index (χ3n) is 5.16. The van der Waals surface area contributed by atoms with Crippen molar-refractivity contribution in [1.29, 1.82) is 0 Å².